The minimum absolute atomic E-state index is 0.0655. The number of H-pyrrole nitrogens is 1. The van der Waals surface area contributed by atoms with Crippen molar-refractivity contribution in [1.29, 1.82) is 0 Å². The zero-order valence-electron chi connectivity index (χ0n) is 13.7. The maximum Gasteiger partial charge on any atom is 0.189 e. The van der Waals surface area contributed by atoms with Crippen LogP contribution in [0.25, 0.3) is 21.8 Å². The van der Waals surface area contributed by atoms with Crippen molar-refractivity contribution in [3.8, 4) is 0 Å². The molecule has 0 spiro atoms. The van der Waals surface area contributed by atoms with E-state index in [1.54, 1.807) is 0 Å². The smallest absolute Gasteiger partial charge is 0.189 e. The topological polar surface area (TPSA) is 45.8 Å². The average molecular weight is 314 g/mol. The van der Waals surface area contributed by atoms with E-state index in [-0.39, 0.29) is 5.78 Å². The number of Topliss-reactive ketones (excluding diaryl/α,β-unsaturated/α-hetero) is 1. The summed E-state index contributed by atoms with van der Waals surface area (Å²) in [6, 6.07) is 19.9. The Morgan fingerprint density at radius 2 is 1.67 bits per heavy atom. The monoisotopic (exact) mass is 314 g/mol. The Balaban J connectivity index is 1.78. The molecule has 118 valence electrons. The van der Waals surface area contributed by atoms with Crippen LogP contribution in [-0.2, 0) is 5.41 Å². The fourth-order valence-electron chi connectivity index (χ4n) is 3.08. The first-order valence-corrected chi connectivity index (χ1v) is 8.03. The van der Waals surface area contributed by atoms with Gasteiger partial charge in [0.1, 0.15) is 0 Å². The largest absolute Gasteiger partial charge is 0.352 e. The van der Waals surface area contributed by atoms with Crippen molar-refractivity contribution in [1.82, 2.24) is 9.97 Å². The SMILES string of the molecule is CC(C)(C(=O)c1cc2ccccc2[nH]1)c1cnc2ccccc2c1. The Hall–Kier alpha value is -2.94. The van der Waals surface area contributed by atoms with Crippen LogP contribution < -0.4 is 0 Å². The highest BCUT2D eigenvalue weighted by atomic mass is 16.1. The minimum Gasteiger partial charge on any atom is -0.352 e. The fourth-order valence-corrected chi connectivity index (χ4v) is 3.08. The molecule has 2 heterocycles. The zero-order valence-corrected chi connectivity index (χ0v) is 13.7. The van der Waals surface area contributed by atoms with Crippen molar-refractivity contribution in [3.05, 3.63) is 78.1 Å². The van der Waals surface area contributed by atoms with E-state index in [2.05, 4.69) is 16.0 Å². The zero-order chi connectivity index (χ0) is 16.7. The van der Waals surface area contributed by atoms with Crippen LogP contribution in [0.5, 0.6) is 0 Å². The Bertz CT molecular complexity index is 1030. The molecule has 4 rings (SSSR count). The van der Waals surface area contributed by atoms with Crippen molar-refractivity contribution < 1.29 is 4.79 Å². The van der Waals surface area contributed by atoms with Crippen LogP contribution in [0.1, 0.15) is 29.9 Å². The lowest BCUT2D eigenvalue weighted by Gasteiger charge is -2.23. The first kappa shape index (κ1) is 14.6. The summed E-state index contributed by atoms with van der Waals surface area (Å²) in [5.41, 5.74) is 2.82. The summed E-state index contributed by atoms with van der Waals surface area (Å²) in [6.07, 6.45) is 1.81. The van der Waals surface area contributed by atoms with Crippen molar-refractivity contribution >= 4 is 27.6 Å². The van der Waals surface area contributed by atoms with Crippen LogP contribution in [0, 0.1) is 0 Å². The highest BCUT2D eigenvalue weighted by molar-refractivity contribution is 6.05. The number of pyridine rings is 1. The highest BCUT2D eigenvalue weighted by Gasteiger charge is 2.32. The second-order valence-electron chi connectivity index (χ2n) is 6.64. The number of carbonyl (C=O) groups is 1. The van der Waals surface area contributed by atoms with E-state index in [1.807, 2.05) is 74.6 Å². The lowest BCUT2D eigenvalue weighted by molar-refractivity contribution is 0.0904. The van der Waals surface area contributed by atoms with Gasteiger partial charge in [-0.3, -0.25) is 9.78 Å². The molecule has 0 saturated heterocycles. The number of aromatic nitrogens is 2. The van der Waals surface area contributed by atoms with Crippen molar-refractivity contribution in [2.24, 2.45) is 0 Å². The Morgan fingerprint density at radius 3 is 2.46 bits per heavy atom. The number of ketones is 1. The molecule has 0 radical (unpaired) electrons. The molecule has 2 aromatic heterocycles. The van der Waals surface area contributed by atoms with E-state index in [0.717, 1.165) is 27.4 Å². The number of nitrogens with one attached hydrogen (secondary N) is 1. The van der Waals surface area contributed by atoms with Gasteiger partial charge in [-0.1, -0.05) is 36.4 Å². The Kier molecular flexibility index (Phi) is 3.24. The molecule has 3 heteroatoms. The summed E-state index contributed by atoms with van der Waals surface area (Å²) in [5, 5.41) is 2.10. The van der Waals surface area contributed by atoms with Crippen molar-refractivity contribution in [2.75, 3.05) is 0 Å². The lowest BCUT2D eigenvalue weighted by Crippen LogP contribution is -2.29. The molecule has 0 aliphatic carbocycles. The first-order chi connectivity index (χ1) is 11.6. The number of carbonyl (C=O) groups excluding carboxylic acids is 1. The third kappa shape index (κ3) is 2.29. The number of nitrogens with zero attached hydrogens (tertiary/aromatic N) is 1. The van der Waals surface area contributed by atoms with Gasteiger partial charge in [-0.2, -0.15) is 0 Å². The van der Waals surface area contributed by atoms with Gasteiger partial charge in [0.05, 0.1) is 16.6 Å². The van der Waals surface area contributed by atoms with Gasteiger partial charge in [-0.25, -0.2) is 0 Å². The molecule has 0 unspecified atom stereocenters. The second kappa shape index (κ2) is 5.31. The fraction of sp³-hybridized carbons (Fsp3) is 0.143. The molecule has 0 saturated carbocycles. The summed E-state index contributed by atoms with van der Waals surface area (Å²) in [4.78, 5) is 20.9. The summed E-state index contributed by atoms with van der Waals surface area (Å²) in [7, 11) is 0. The number of benzene rings is 2. The molecule has 0 aliphatic rings. The summed E-state index contributed by atoms with van der Waals surface area (Å²) < 4.78 is 0. The molecule has 0 atom stereocenters. The number of hydrogen-bond donors (Lipinski definition) is 1. The summed E-state index contributed by atoms with van der Waals surface area (Å²) >= 11 is 0. The average Bonchev–Trinajstić information content (AvgIpc) is 3.04. The molecular formula is C21H18N2O. The number of hydrogen-bond acceptors (Lipinski definition) is 2. The third-order valence-corrected chi connectivity index (χ3v) is 4.65. The maximum atomic E-state index is 13.1. The van der Waals surface area contributed by atoms with Gasteiger partial charge in [-0.05, 0) is 43.7 Å². The van der Waals surface area contributed by atoms with E-state index in [4.69, 9.17) is 0 Å². The molecule has 0 bridgehead atoms. The summed E-state index contributed by atoms with van der Waals surface area (Å²) in [6.45, 7) is 3.90. The first-order valence-electron chi connectivity index (χ1n) is 8.03. The van der Waals surface area contributed by atoms with Gasteiger partial charge in [0.2, 0.25) is 0 Å². The predicted molar refractivity (Wildman–Crippen MR) is 97.4 cm³/mol. The van der Waals surface area contributed by atoms with Crippen LogP contribution in [0.15, 0.2) is 66.9 Å². The van der Waals surface area contributed by atoms with Gasteiger partial charge >= 0.3 is 0 Å². The highest BCUT2D eigenvalue weighted by Crippen LogP contribution is 2.30. The van der Waals surface area contributed by atoms with Gasteiger partial charge < -0.3 is 4.98 Å². The van der Waals surface area contributed by atoms with Gasteiger partial charge in [0.15, 0.2) is 5.78 Å². The van der Waals surface area contributed by atoms with Gasteiger partial charge in [-0.15, -0.1) is 0 Å². The van der Waals surface area contributed by atoms with E-state index >= 15 is 0 Å². The quantitative estimate of drug-likeness (QED) is 0.548. The van der Waals surface area contributed by atoms with Gasteiger partial charge in [0.25, 0.3) is 0 Å². The molecule has 24 heavy (non-hydrogen) atoms. The van der Waals surface area contributed by atoms with Crippen LogP contribution in [0.3, 0.4) is 0 Å². The van der Waals surface area contributed by atoms with E-state index in [0.29, 0.717) is 5.69 Å². The Labute approximate surface area is 140 Å². The second-order valence-corrected chi connectivity index (χ2v) is 6.64. The molecule has 0 fully saturated rings. The van der Waals surface area contributed by atoms with Crippen LogP contribution in [0.4, 0.5) is 0 Å². The van der Waals surface area contributed by atoms with Crippen LogP contribution >= 0.6 is 0 Å². The Morgan fingerprint density at radius 1 is 0.958 bits per heavy atom. The van der Waals surface area contributed by atoms with E-state index < -0.39 is 5.41 Å². The lowest BCUT2D eigenvalue weighted by atomic mass is 9.80. The number of rotatable bonds is 3. The standard InChI is InChI=1S/C21H18N2O/c1-21(2,16-11-14-7-3-5-9-17(14)22-13-16)20(24)19-12-15-8-4-6-10-18(15)23-19/h3-13,23H,1-2H3. The van der Waals surface area contributed by atoms with Crippen LogP contribution in [-0.4, -0.2) is 15.8 Å². The van der Waals surface area contributed by atoms with Crippen molar-refractivity contribution in [3.63, 3.8) is 0 Å². The van der Waals surface area contributed by atoms with Gasteiger partial charge in [0, 0.05) is 22.5 Å². The predicted octanol–water partition coefficient (Wildman–Crippen LogP) is 4.88. The molecule has 0 aliphatic heterocycles. The maximum absolute atomic E-state index is 13.1. The number of aromatic amines is 1. The molecule has 4 aromatic rings. The third-order valence-electron chi connectivity index (χ3n) is 4.65. The number of para-hydroxylation sites is 2. The van der Waals surface area contributed by atoms with E-state index in [9.17, 15) is 4.79 Å². The molecule has 3 nitrogen and oxygen atoms in total. The number of fused-ring (bicyclic) bond motifs is 2. The van der Waals surface area contributed by atoms with E-state index in [1.165, 1.54) is 0 Å². The normalized spacial score (nSPS) is 11.9. The molecular weight excluding hydrogens is 296 g/mol. The molecule has 1 N–H and O–H groups in total. The molecule has 0 amide bonds. The van der Waals surface area contributed by atoms with Crippen LogP contribution in [0.2, 0.25) is 0 Å². The minimum atomic E-state index is -0.655. The molecule has 2 aromatic carbocycles. The van der Waals surface area contributed by atoms with Crippen molar-refractivity contribution in [2.45, 2.75) is 19.3 Å². The summed E-state index contributed by atoms with van der Waals surface area (Å²) in [5.74, 6) is 0.0655.